The second-order valence-corrected chi connectivity index (χ2v) is 6.11. The van der Waals surface area contributed by atoms with Crippen molar-refractivity contribution in [2.45, 2.75) is 18.2 Å². The monoisotopic (exact) mass is 322 g/mol. The average Bonchev–Trinajstić information content (AvgIpc) is 2.60. The third kappa shape index (κ3) is 2.74. The van der Waals surface area contributed by atoms with Crippen LogP contribution in [-0.4, -0.2) is 24.6 Å². The Kier molecular flexibility index (Phi) is 3.57. The first-order valence-electron chi connectivity index (χ1n) is 5.03. The molecule has 0 bridgehead atoms. The highest BCUT2D eigenvalue weighted by atomic mass is 35.5. The number of hydrogen-bond donors (Lipinski definition) is 1. The van der Waals surface area contributed by atoms with E-state index in [9.17, 15) is 13.2 Å². The van der Waals surface area contributed by atoms with Gasteiger partial charge in [-0.25, -0.2) is 5.01 Å². The second kappa shape index (κ2) is 4.75. The zero-order valence-electron chi connectivity index (χ0n) is 9.59. The highest BCUT2D eigenvalue weighted by Crippen LogP contribution is 2.35. The molecule has 1 N–H and O–H groups in total. The van der Waals surface area contributed by atoms with Crippen LogP contribution >= 0.6 is 23.2 Å². The van der Waals surface area contributed by atoms with Crippen molar-refractivity contribution in [1.82, 2.24) is 0 Å². The molecule has 0 unspecified atom stereocenters. The normalized spacial score (nSPS) is 15.9. The smallest absolute Gasteiger partial charge is 0.282 e. The van der Waals surface area contributed by atoms with Crippen LogP contribution in [0.5, 0.6) is 0 Å². The van der Waals surface area contributed by atoms with Crippen molar-refractivity contribution in [3.05, 3.63) is 22.2 Å². The fourth-order valence-corrected chi connectivity index (χ4v) is 2.89. The lowest BCUT2D eigenvalue weighted by atomic mass is 10.3. The predicted molar refractivity (Wildman–Crippen MR) is 71.5 cm³/mol. The van der Waals surface area contributed by atoms with Crippen molar-refractivity contribution in [3.8, 4) is 0 Å². The standard InChI is InChI=1S/C10H8Cl2N2O4S/c1-5-2-9(15)14(13-5)6-3-7(11)10(12)8(4-6)19(16,17)18/h3-4H,2H2,1H3,(H,16,17,18). The maximum absolute atomic E-state index is 11.7. The first-order valence-corrected chi connectivity index (χ1v) is 7.23. The lowest BCUT2D eigenvalue weighted by Crippen LogP contribution is -2.20. The van der Waals surface area contributed by atoms with E-state index in [1.54, 1.807) is 6.92 Å². The van der Waals surface area contributed by atoms with Gasteiger partial charge in [-0.3, -0.25) is 9.35 Å². The molecule has 1 aromatic carbocycles. The minimum absolute atomic E-state index is 0.0978. The molecule has 102 valence electrons. The summed E-state index contributed by atoms with van der Waals surface area (Å²) in [7, 11) is -4.54. The molecule has 0 fully saturated rings. The van der Waals surface area contributed by atoms with Gasteiger partial charge in [-0.05, 0) is 19.1 Å². The summed E-state index contributed by atoms with van der Waals surface area (Å²) in [5.41, 5.74) is 0.716. The molecule has 2 rings (SSSR count). The summed E-state index contributed by atoms with van der Waals surface area (Å²) >= 11 is 11.5. The van der Waals surface area contributed by atoms with E-state index < -0.39 is 15.0 Å². The largest absolute Gasteiger partial charge is 0.296 e. The van der Waals surface area contributed by atoms with Crippen molar-refractivity contribution in [1.29, 1.82) is 0 Å². The molecule has 6 nitrogen and oxygen atoms in total. The number of hydrazone groups is 1. The summed E-state index contributed by atoms with van der Waals surface area (Å²) in [5.74, 6) is -0.322. The Bertz CT molecular complexity index is 700. The minimum Gasteiger partial charge on any atom is -0.282 e. The molecule has 9 heteroatoms. The van der Waals surface area contributed by atoms with Gasteiger partial charge in [0.15, 0.2) is 0 Å². The van der Waals surface area contributed by atoms with Gasteiger partial charge in [-0.1, -0.05) is 23.2 Å². The van der Waals surface area contributed by atoms with Gasteiger partial charge in [0.25, 0.3) is 16.0 Å². The Labute approximate surface area is 119 Å². The number of anilines is 1. The van der Waals surface area contributed by atoms with Gasteiger partial charge >= 0.3 is 0 Å². The number of carbonyl (C=O) groups excluding carboxylic acids is 1. The van der Waals surface area contributed by atoms with Crippen LogP contribution in [0.15, 0.2) is 22.1 Å². The highest BCUT2D eigenvalue weighted by Gasteiger charge is 2.26. The second-order valence-electron chi connectivity index (χ2n) is 3.93. The molecule has 0 aliphatic carbocycles. The van der Waals surface area contributed by atoms with E-state index in [0.717, 1.165) is 11.1 Å². The maximum atomic E-state index is 11.7. The summed E-state index contributed by atoms with van der Waals surface area (Å²) < 4.78 is 31.5. The van der Waals surface area contributed by atoms with Crippen molar-refractivity contribution in [2.24, 2.45) is 5.10 Å². The average molecular weight is 323 g/mol. The van der Waals surface area contributed by atoms with E-state index in [2.05, 4.69) is 5.10 Å². The predicted octanol–water partition coefficient (Wildman–Crippen LogP) is 2.35. The van der Waals surface area contributed by atoms with Gasteiger partial charge in [0.1, 0.15) is 4.90 Å². The van der Waals surface area contributed by atoms with Gasteiger partial charge in [-0.15, -0.1) is 0 Å². The highest BCUT2D eigenvalue weighted by molar-refractivity contribution is 7.86. The van der Waals surface area contributed by atoms with Gasteiger partial charge in [-0.2, -0.15) is 13.5 Å². The maximum Gasteiger partial charge on any atom is 0.296 e. The fourth-order valence-electron chi connectivity index (χ4n) is 1.62. The number of benzene rings is 1. The third-order valence-corrected chi connectivity index (χ3v) is 4.21. The number of halogens is 2. The molecule has 1 aliphatic rings. The molecule has 19 heavy (non-hydrogen) atoms. The van der Waals surface area contributed by atoms with Crippen LogP contribution in [0.25, 0.3) is 0 Å². The molecule has 0 radical (unpaired) electrons. The van der Waals surface area contributed by atoms with Crippen molar-refractivity contribution in [2.75, 3.05) is 5.01 Å². The van der Waals surface area contributed by atoms with Crippen LogP contribution in [0.1, 0.15) is 13.3 Å². The zero-order valence-corrected chi connectivity index (χ0v) is 11.9. The Balaban J connectivity index is 2.61. The molecule has 0 saturated carbocycles. The van der Waals surface area contributed by atoms with Crippen LogP contribution in [0.3, 0.4) is 0 Å². The van der Waals surface area contributed by atoms with E-state index in [4.69, 9.17) is 27.8 Å². The Morgan fingerprint density at radius 3 is 2.47 bits per heavy atom. The zero-order chi connectivity index (χ0) is 14.4. The van der Waals surface area contributed by atoms with Gasteiger partial charge in [0, 0.05) is 5.71 Å². The Hall–Kier alpha value is -1.15. The SMILES string of the molecule is CC1=NN(c2cc(Cl)c(Cl)c(S(=O)(=O)O)c2)C(=O)C1. The summed E-state index contributed by atoms with van der Waals surface area (Å²) in [5, 5.41) is 4.57. The summed E-state index contributed by atoms with van der Waals surface area (Å²) in [6.45, 7) is 1.67. The lowest BCUT2D eigenvalue weighted by Gasteiger charge is -2.14. The third-order valence-electron chi connectivity index (χ3n) is 2.42. The molecule has 0 saturated heterocycles. The molecule has 0 aromatic heterocycles. The molecule has 1 aromatic rings. The van der Waals surface area contributed by atoms with E-state index in [-0.39, 0.29) is 28.1 Å². The van der Waals surface area contributed by atoms with E-state index in [0.29, 0.717) is 5.71 Å². The van der Waals surface area contributed by atoms with Crippen LogP contribution in [-0.2, 0) is 14.9 Å². The van der Waals surface area contributed by atoms with E-state index in [1.165, 1.54) is 6.07 Å². The van der Waals surface area contributed by atoms with Gasteiger partial charge < -0.3 is 0 Å². The Morgan fingerprint density at radius 2 is 2.00 bits per heavy atom. The number of carbonyl (C=O) groups is 1. The van der Waals surface area contributed by atoms with E-state index in [1.807, 2.05) is 0 Å². The molecule has 1 amide bonds. The van der Waals surface area contributed by atoms with Crippen molar-refractivity contribution in [3.63, 3.8) is 0 Å². The van der Waals surface area contributed by atoms with Crippen LogP contribution in [0.4, 0.5) is 5.69 Å². The topological polar surface area (TPSA) is 87.0 Å². The summed E-state index contributed by atoms with van der Waals surface area (Å²) in [6.07, 6.45) is 0.140. The molecule has 0 spiro atoms. The number of amides is 1. The number of rotatable bonds is 2. The number of nitrogens with zero attached hydrogens (tertiary/aromatic N) is 2. The molecule has 1 heterocycles. The fraction of sp³-hybridized carbons (Fsp3) is 0.200. The quantitative estimate of drug-likeness (QED) is 0.846. The Morgan fingerprint density at radius 1 is 1.37 bits per heavy atom. The van der Waals surface area contributed by atoms with Crippen LogP contribution in [0.2, 0.25) is 10.0 Å². The molecular weight excluding hydrogens is 315 g/mol. The summed E-state index contributed by atoms with van der Waals surface area (Å²) in [4.78, 5) is 11.1. The summed E-state index contributed by atoms with van der Waals surface area (Å²) in [6, 6.07) is 2.35. The number of hydrogen-bond acceptors (Lipinski definition) is 4. The minimum atomic E-state index is -4.54. The first kappa shape index (κ1) is 14.3. The molecule has 0 atom stereocenters. The van der Waals surface area contributed by atoms with E-state index >= 15 is 0 Å². The first-order chi connectivity index (χ1) is 8.70. The van der Waals surface area contributed by atoms with Crippen molar-refractivity contribution < 1.29 is 17.8 Å². The van der Waals surface area contributed by atoms with Crippen molar-refractivity contribution >= 4 is 50.6 Å². The van der Waals surface area contributed by atoms with Gasteiger partial charge in [0.2, 0.25) is 0 Å². The van der Waals surface area contributed by atoms with Crippen LogP contribution in [0, 0.1) is 0 Å². The lowest BCUT2D eigenvalue weighted by molar-refractivity contribution is -0.116. The van der Waals surface area contributed by atoms with Gasteiger partial charge in [0.05, 0.1) is 22.2 Å². The molecule has 1 aliphatic heterocycles. The van der Waals surface area contributed by atoms with Crippen LogP contribution < -0.4 is 5.01 Å². The molecular formula is C10H8Cl2N2O4S.